The molecule has 2 heterocycles. The van der Waals surface area contributed by atoms with Crippen molar-refractivity contribution >= 4 is 16.9 Å². The van der Waals surface area contributed by atoms with Crippen LogP contribution in [0.3, 0.4) is 0 Å². The second kappa shape index (κ2) is 5.52. The summed E-state index contributed by atoms with van der Waals surface area (Å²) in [6.45, 7) is 0. The molecule has 0 bridgehead atoms. The monoisotopic (exact) mass is 311 g/mol. The van der Waals surface area contributed by atoms with Crippen molar-refractivity contribution in [2.45, 2.75) is 0 Å². The first-order chi connectivity index (χ1) is 11.8. The number of nitrogens with zero attached hydrogens (tertiary/aromatic N) is 4. The quantitative estimate of drug-likeness (QED) is 0.614. The second-order valence-electron chi connectivity index (χ2n) is 5.40. The topological polar surface area (TPSA) is 80.5 Å². The van der Waals surface area contributed by atoms with Gasteiger partial charge in [0.25, 0.3) is 0 Å². The van der Waals surface area contributed by atoms with Crippen molar-refractivity contribution in [2.24, 2.45) is 0 Å². The van der Waals surface area contributed by atoms with E-state index in [-0.39, 0.29) is 0 Å². The Morgan fingerprint density at radius 2 is 1.83 bits per heavy atom. The van der Waals surface area contributed by atoms with Crippen LogP contribution in [-0.4, -0.2) is 14.5 Å². The van der Waals surface area contributed by atoms with Crippen molar-refractivity contribution in [3.8, 4) is 22.9 Å². The molecule has 0 saturated heterocycles. The Labute approximate surface area is 138 Å². The molecule has 0 radical (unpaired) electrons. The van der Waals surface area contributed by atoms with Crippen molar-refractivity contribution in [2.75, 3.05) is 5.73 Å². The van der Waals surface area contributed by atoms with Gasteiger partial charge in [-0.15, -0.1) is 0 Å². The molecule has 0 amide bonds. The number of benzene rings is 2. The van der Waals surface area contributed by atoms with Gasteiger partial charge in [-0.2, -0.15) is 5.26 Å². The first-order valence-corrected chi connectivity index (χ1v) is 7.45. The van der Waals surface area contributed by atoms with Crippen LogP contribution in [0.2, 0.25) is 0 Å². The lowest BCUT2D eigenvalue weighted by atomic mass is 10.1. The van der Waals surface area contributed by atoms with E-state index in [1.807, 2.05) is 59.3 Å². The van der Waals surface area contributed by atoms with E-state index >= 15 is 0 Å². The molecular formula is C19H13N5. The highest BCUT2D eigenvalue weighted by molar-refractivity contribution is 5.98. The Morgan fingerprint density at radius 1 is 1.00 bits per heavy atom. The van der Waals surface area contributed by atoms with Crippen LogP contribution in [0.1, 0.15) is 5.56 Å². The van der Waals surface area contributed by atoms with Gasteiger partial charge in [0.1, 0.15) is 17.4 Å². The second-order valence-corrected chi connectivity index (χ2v) is 5.40. The lowest BCUT2D eigenvalue weighted by molar-refractivity contribution is 1.11. The Morgan fingerprint density at radius 3 is 2.62 bits per heavy atom. The molecule has 0 atom stereocenters. The van der Waals surface area contributed by atoms with Crippen molar-refractivity contribution in [3.63, 3.8) is 0 Å². The Kier molecular flexibility index (Phi) is 3.22. The predicted octanol–water partition coefficient (Wildman–Crippen LogP) is 3.54. The first kappa shape index (κ1) is 14.0. The minimum Gasteiger partial charge on any atom is -0.382 e. The summed E-state index contributed by atoms with van der Waals surface area (Å²) in [5, 5.41) is 9.15. The van der Waals surface area contributed by atoms with Crippen molar-refractivity contribution in [1.82, 2.24) is 14.5 Å². The SMILES string of the molecule is N#Cc1cccc(-c2cn(-c3ccccc3)c3c(N)ncnc23)c1. The van der Waals surface area contributed by atoms with Gasteiger partial charge >= 0.3 is 0 Å². The standard InChI is InChI=1S/C19H13N5/c20-10-13-5-4-6-14(9-13)16-11-24(15-7-2-1-3-8-15)18-17(16)22-12-23-19(18)21/h1-9,11-12H,(H2,21,22,23). The third-order valence-electron chi connectivity index (χ3n) is 3.94. The van der Waals surface area contributed by atoms with E-state index in [9.17, 15) is 0 Å². The molecule has 0 saturated carbocycles. The van der Waals surface area contributed by atoms with Gasteiger partial charge in [0, 0.05) is 17.4 Å². The molecular weight excluding hydrogens is 298 g/mol. The highest BCUT2D eigenvalue weighted by atomic mass is 15.0. The Hall–Kier alpha value is -3.65. The van der Waals surface area contributed by atoms with Gasteiger partial charge in [-0.05, 0) is 29.8 Å². The number of aromatic nitrogens is 3. The van der Waals surface area contributed by atoms with Gasteiger partial charge in [-0.1, -0.05) is 30.3 Å². The number of rotatable bonds is 2. The van der Waals surface area contributed by atoms with Crippen LogP contribution in [-0.2, 0) is 0 Å². The molecule has 4 rings (SSSR count). The molecule has 5 nitrogen and oxygen atoms in total. The summed E-state index contributed by atoms with van der Waals surface area (Å²) in [6, 6.07) is 19.5. The molecule has 0 aliphatic carbocycles. The summed E-state index contributed by atoms with van der Waals surface area (Å²) >= 11 is 0. The molecule has 114 valence electrons. The van der Waals surface area contributed by atoms with Crippen LogP contribution in [0.15, 0.2) is 67.1 Å². The molecule has 24 heavy (non-hydrogen) atoms. The first-order valence-electron chi connectivity index (χ1n) is 7.45. The van der Waals surface area contributed by atoms with Gasteiger partial charge in [0.05, 0.1) is 11.6 Å². The highest BCUT2D eigenvalue weighted by Crippen LogP contribution is 2.33. The number of hydrogen-bond donors (Lipinski definition) is 1. The number of nitriles is 1. The minimum atomic E-state index is 0.423. The average Bonchev–Trinajstić information content (AvgIpc) is 3.04. The summed E-state index contributed by atoms with van der Waals surface area (Å²) in [4.78, 5) is 8.55. The summed E-state index contributed by atoms with van der Waals surface area (Å²) in [5.74, 6) is 0.423. The molecule has 4 aromatic rings. The lowest BCUT2D eigenvalue weighted by Gasteiger charge is -2.05. The third-order valence-corrected chi connectivity index (χ3v) is 3.94. The van der Waals surface area contributed by atoms with Crippen molar-refractivity contribution in [3.05, 3.63) is 72.7 Å². The summed E-state index contributed by atoms with van der Waals surface area (Å²) < 4.78 is 1.99. The zero-order chi connectivity index (χ0) is 16.5. The molecule has 2 aromatic heterocycles. The fourth-order valence-electron chi connectivity index (χ4n) is 2.84. The van der Waals surface area contributed by atoms with Gasteiger partial charge in [0.15, 0.2) is 5.82 Å². The van der Waals surface area contributed by atoms with E-state index < -0.39 is 0 Å². The van der Waals surface area contributed by atoms with Gasteiger partial charge < -0.3 is 10.3 Å². The maximum Gasteiger partial charge on any atom is 0.151 e. The minimum absolute atomic E-state index is 0.423. The smallest absolute Gasteiger partial charge is 0.151 e. The van der Waals surface area contributed by atoms with E-state index in [0.29, 0.717) is 11.4 Å². The summed E-state index contributed by atoms with van der Waals surface area (Å²) in [6.07, 6.45) is 3.45. The van der Waals surface area contributed by atoms with Crippen LogP contribution in [0, 0.1) is 11.3 Å². The number of nitrogens with two attached hydrogens (primary N) is 1. The van der Waals surface area contributed by atoms with Crippen molar-refractivity contribution in [1.29, 1.82) is 5.26 Å². The fourth-order valence-corrected chi connectivity index (χ4v) is 2.84. The highest BCUT2D eigenvalue weighted by Gasteiger charge is 2.16. The molecule has 2 aromatic carbocycles. The van der Waals surface area contributed by atoms with E-state index in [1.165, 1.54) is 6.33 Å². The van der Waals surface area contributed by atoms with Gasteiger partial charge in [-0.3, -0.25) is 0 Å². The van der Waals surface area contributed by atoms with E-state index in [0.717, 1.165) is 27.8 Å². The zero-order valence-corrected chi connectivity index (χ0v) is 12.7. The number of fused-ring (bicyclic) bond motifs is 1. The summed E-state index contributed by atoms with van der Waals surface area (Å²) in [7, 11) is 0. The normalized spacial score (nSPS) is 10.6. The van der Waals surface area contributed by atoms with E-state index in [4.69, 9.17) is 11.0 Å². The fraction of sp³-hybridized carbons (Fsp3) is 0. The van der Waals surface area contributed by atoms with Crippen LogP contribution < -0.4 is 5.73 Å². The van der Waals surface area contributed by atoms with Gasteiger partial charge in [-0.25, -0.2) is 9.97 Å². The molecule has 2 N–H and O–H groups in total. The van der Waals surface area contributed by atoms with Crippen LogP contribution in [0.25, 0.3) is 27.8 Å². The predicted molar refractivity (Wildman–Crippen MR) is 93.4 cm³/mol. The molecule has 5 heteroatoms. The molecule has 0 aliphatic rings. The Balaban J connectivity index is 2.04. The van der Waals surface area contributed by atoms with E-state index in [2.05, 4.69) is 16.0 Å². The third kappa shape index (κ3) is 2.18. The lowest BCUT2D eigenvalue weighted by Crippen LogP contribution is -1.98. The van der Waals surface area contributed by atoms with E-state index in [1.54, 1.807) is 6.07 Å². The average molecular weight is 311 g/mol. The molecule has 0 spiro atoms. The maximum absolute atomic E-state index is 9.15. The van der Waals surface area contributed by atoms with Crippen LogP contribution >= 0.6 is 0 Å². The van der Waals surface area contributed by atoms with Crippen LogP contribution in [0.4, 0.5) is 5.82 Å². The molecule has 0 unspecified atom stereocenters. The molecule has 0 aliphatic heterocycles. The zero-order valence-electron chi connectivity index (χ0n) is 12.7. The van der Waals surface area contributed by atoms with Gasteiger partial charge in [0.2, 0.25) is 0 Å². The molecule has 0 fully saturated rings. The number of anilines is 1. The largest absolute Gasteiger partial charge is 0.382 e. The number of nitrogen functional groups attached to an aromatic ring is 1. The number of hydrogen-bond acceptors (Lipinski definition) is 4. The van der Waals surface area contributed by atoms with Crippen LogP contribution in [0.5, 0.6) is 0 Å². The number of para-hydroxylation sites is 1. The van der Waals surface area contributed by atoms with Crippen molar-refractivity contribution < 1.29 is 0 Å². The summed E-state index contributed by atoms with van der Waals surface area (Å²) in [5.41, 5.74) is 11.1. The Bertz CT molecular complexity index is 1070. The maximum atomic E-state index is 9.15.